The summed E-state index contributed by atoms with van der Waals surface area (Å²) in [5, 5.41) is 14.0. The predicted molar refractivity (Wildman–Crippen MR) is 159 cm³/mol. The molecule has 2 aromatic rings. The van der Waals surface area contributed by atoms with Gasteiger partial charge in [0.05, 0.1) is 33.0 Å². The van der Waals surface area contributed by atoms with Gasteiger partial charge in [-0.1, -0.05) is 25.1 Å². The molecule has 2 aliphatic rings. The number of hydrazine groups is 1. The molecule has 0 aromatic heterocycles. The van der Waals surface area contributed by atoms with Crippen molar-refractivity contribution in [3.8, 4) is 6.07 Å². The molecule has 0 spiro atoms. The molecule has 0 saturated carbocycles. The Hall–Kier alpha value is -3.04. The largest absolute Gasteiger partial charge is 0.459 e. The zero-order valence-electron chi connectivity index (χ0n) is 24.2. The van der Waals surface area contributed by atoms with Gasteiger partial charge in [0, 0.05) is 64.7 Å². The first-order valence-electron chi connectivity index (χ1n) is 14.7. The molecule has 2 aromatic carbocycles. The lowest BCUT2D eigenvalue weighted by atomic mass is 10.0. The molecule has 222 valence electrons. The van der Waals surface area contributed by atoms with Gasteiger partial charge in [-0.25, -0.2) is 9.80 Å². The number of ether oxygens (including phenoxy) is 4. The number of morpholine rings is 1. The highest BCUT2D eigenvalue weighted by Crippen LogP contribution is 2.25. The zero-order chi connectivity index (χ0) is 28.7. The van der Waals surface area contributed by atoms with Crippen LogP contribution in [-0.2, 0) is 23.7 Å². The van der Waals surface area contributed by atoms with Crippen molar-refractivity contribution in [1.29, 1.82) is 5.26 Å². The first-order chi connectivity index (χ1) is 20.2. The normalized spacial score (nSPS) is 17.1. The van der Waals surface area contributed by atoms with Gasteiger partial charge in [0.2, 0.25) is 0 Å². The molecule has 2 fully saturated rings. The second kappa shape index (κ2) is 17.0. The van der Waals surface area contributed by atoms with Gasteiger partial charge in [0.25, 0.3) is 0 Å². The number of esters is 1. The third-order valence-electron chi connectivity index (χ3n) is 7.19. The van der Waals surface area contributed by atoms with Gasteiger partial charge in [0.1, 0.15) is 18.2 Å². The molecule has 2 aliphatic heterocycles. The van der Waals surface area contributed by atoms with Crippen LogP contribution in [0.25, 0.3) is 16.8 Å². The second-order valence-corrected chi connectivity index (χ2v) is 10.2. The minimum Gasteiger partial charge on any atom is -0.459 e. The summed E-state index contributed by atoms with van der Waals surface area (Å²) in [7, 11) is 0. The SMILES string of the molecule is CCCOCCOCCOC(=O)/C(C#N)=C/c1ccc2cc(N3CCN(NCCN4CCOCC4)CC3)ccc2c1. The average Bonchev–Trinajstić information content (AvgIpc) is 3.01. The van der Waals surface area contributed by atoms with Crippen LogP contribution in [-0.4, -0.2) is 114 Å². The summed E-state index contributed by atoms with van der Waals surface area (Å²) in [6, 6.07) is 14.3. The Morgan fingerprint density at radius 3 is 2.41 bits per heavy atom. The van der Waals surface area contributed by atoms with Crippen molar-refractivity contribution < 1.29 is 23.7 Å². The maximum Gasteiger partial charge on any atom is 0.348 e. The summed E-state index contributed by atoms with van der Waals surface area (Å²) < 4.78 is 21.4. The molecule has 0 aliphatic carbocycles. The molecule has 0 atom stereocenters. The van der Waals surface area contributed by atoms with E-state index in [1.165, 1.54) is 5.69 Å². The van der Waals surface area contributed by atoms with Gasteiger partial charge >= 0.3 is 5.97 Å². The molecular formula is C31H43N5O5. The minimum atomic E-state index is -0.650. The van der Waals surface area contributed by atoms with Crippen LogP contribution < -0.4 is 10.3 Å². The van der Waals surface area contributed by atoms with Crippen molar-refractivity contribution in [3.63, 3.8) is 0 Å². The highest BCUT2D eigenvalue weighted by Gasteiger charge is 2.18. The number of nitrogens with zero attached hydrogens (tertiary/aromatic N) is 4. The summed E-state index contributed by atoms with van der Waals surface area (Å²) in [6.45, 7) is 13.6. The number of piperazine rings is 1. The lowest BCUT2D eigenvalue weighted by molar-refractivity contribution is -0.140. The molecule has 1 N–H and O–H groups in total. The van der Waals surface area contributed by atoms with Crippen molar-refractivity contribution in [2.45, 2.75) is 13.3 Å². The van der Waals surface area contributed by atoms with Crippen molar-refractivity contribution >= 4 is 28.5 Å². The molecule has 0 radical (unpaired) electrons. The second-order valence-electron chi connectivity index (χ2n) is 10.2. The highest BCUT2D eigenvalue weighted by atomic mass is 16.6. The number of nitrogens with one attached hydrogen (secondary N) is 1. The van der Waals surface area contributed by atoms with Crippen LogP contribution >= 0.6 is 0 Å². The number of fused-ring (bicyclic) bond motifs is 1. The number of carbonyl (C=O) groups is 1. The molecular weight excluding hydrogens is 522 g/mol. The van der Waals surface area contributed by atoms with Crippen LogP contribution in [0.3, 0.4) is 0 Å². The smallest absolute Gasteiger partial charge is 0.348 e. The lowest BCUT2D eigenvalue weighted by Crippen LogP contribution is -2.53. The fourth-order valence-corrected chi connectivity index (χ4v) is 4.89. The van der Waals surface area contributed by atoms with Crippen LogP contribution in [0.4, 0.5) is 5.69 Å². The molecule has 0 amide bonds. The van der Waals surface area contributed by atoms with E-state index in [1.807, 2.05) is 31.2 Å². The topological polar surface area (TPSA) is 99.5 Å². The number of carbonyl (C=O) groups excluding carboxylic acids is 1. The Morgan fingerprint density at radius 2 is 1.66 bits per heavy atom. The molecule has 2 heterocycles. The number of nitriles is 1. The predicted octanol–water partition coefficient (Wildman–Crippen LogP) is 2.69. The maximum atomic E-state index is 12.4. The molecule has 2 saturated heterocycles. The third-order valence-corrected chi connectivity index (χ3v) is 7.19. The van der Waals surface area contributed by atoms with E-state index in [0.717, 1.165) is 88.3 Å². The van der Waals surface area contributed by atoms with Gasteiger partial charge < -0.3 is 23.8 Å². The van der Waals surface area contributed by atoms with E-state index in [9.17, 15) is 10.1 Å². The van der Waals surface area contributed by atoms with E-state index < -0.39 is 5.97 Å². The average molecular weight is 566 g/mol. The molecule has 10 nitrogen and oxygen atoms in total. The Labute approximate surface area is 243 Å². The lowest BCUT2D eigenvalue weighted by Gasteiger charge is -2.37. The Balaban J connectivity index is 1.23. The van der Waals surface area contributed by atoms with Crippen molar-refractivity contribution in [2.24, 2.45) is 0 Å². The number of rotatable bonds is 15. The van der Waals surface area contributed by atoms with Crippen molar-refractivity contribution in [2.75, 3.05) is 104 Å². The quantitative estimate of drug-likeness (QED) is 0.150. The van der Waals surface area contributed by atoms with E-state index in [4.69, 9.17) is 18.9 Å². The first-order valence-corrected chi connectivity index (χ1v) is 14.7. The summed E-state index contributed by atoms with van der Waals surface area (Å²) in [4.78, 5) is 17.2. The Bertz CT molecular complexity index is 1170. The van der Waals surface area contributed by atoms with Gasteiger partial charge in [-0.15, -0.1) is 0 Å². The maximum absolute atomic E-state index is 12.4. The van der Waals surface area contributed by atoms with Gasteiger partial charge in [0.15, 0.2) is 0 Å². The monoisotopic (exact) mass is 565 g/mol. The van der Waals surface area contributed by atoms with E-state index >= 15 is 0 Å². The van der Waals surface area contributed by atoms with E-state index in [2.05, 4.69) is 38.4 Å². The zero-order valence-corrected chi connectivity index (χ0v) is 24.2. The Kier molecular flexibility index (Phi) is 12.8. The first kappa shape index (κ1) is 30.9. The van der Waals surface area contributed by atoms with Crippen LogP contribution in [0.1, 0.15) is 18.9 Å². The summed E-state index contributed by atoms with van der Waals surface area (Å²) in [6.07, 6.45) is 2.53. The third kappa shape index (κ3) is 10.1. The standard InChI is InChI=1S/C31H43N5O5/c1-2-15-38-18-19-40-20-21-41-31(37)29(25-32)23-26-3-4-28-24-30(6-5-27(28)22-26)35-9-11-36(12-10-35)33-7-8-34-13-16-39-17-14-34/h3-6,22-24,33H,2,7-21H2,1H3/b29-23+. The number of anilines is 1. The fourth-order valence-electron chi connectivity index (χ4n) is 4.89. The van der Waals surface area contributed by atoms with E-state index in [0.29, 0.717) is 19.8 Å². The number of hydrogen-bond donors (Lipinski definition) is 1. The fraction of sp³-hybridized carbons (Fsp3) is 0.548. The minimum absolute atomic E-state index is 0.0383. The summed E-state index contributed by atoms with van der Waals surface area (Å²) >= 11 is 0. The highest BCUT2D eigenvalue weighted by molar-refractivity contribution is 5.98. The summed E-state index contributed by atoms with van der Waals surface area (Å²) in [5.74, 6) is -0.650. The van der Waals surface area contributed by atoms with Crippen LogP contribution in [0.2, 0.25) is 0 Å². The van der Waals surface area contributed by atoms with Gasteiger partial charge in [-0.05, 0) is 47.0 Å². The number of benzene rings is 2. The van der Waals surface area contributed by atoms with Gasteiger partial charge in [-0.3, -0.25) is 10.3 Å². The Morgan fingerprint density at radius 1 is 0.951 bits per heavy atom. The van der Waals surface area contributed by atoms with Crippen LogP contribution in [0.15, 0.2) is 42.0 Å². The van der Waals surface area contributed by atoms with Crippen LogP contribution in [0, 0.1) is 11.3 Å². The van der Waals surface area contributed by atoms with Crippen LogP contribution in [0.5, 0.6) is 0 Å². The van der Waals surface area contributed by atoms with E-state index in [-0.39, 0.29) is 18.8 Å². The molecule has 0 bridgehead atoms. The summed E-state index contributed by atoms with van der Waals surface area (Å²) in [5.41, 5.74) is 5.52. The van der Waals surface area contributed by atoms with E-state index in [1.54, 1.807) is 6.08 Å². The molecule has 4 rings (SSSR count). The number of hydrogen-bond acceptors (Lipinski definition) is 10. The molecule has 0 unspecified atom stereocenters. The van der Waals surface area contributed by atoms with Crippen molar-refractivity contribution in [1.82, 2.24) is 15.3 Å². The van der Waals surface area contributed by atoms with Crippen molar-refractivity contribution in [3.05, 3.63) is 47.5 Å². The van der Waals surface area contributed by atoms with Gasteiger partial charge in [-0.2, -0.15) is 5.26 Å². The molecule has 10 heteroatoms. The molecule has 41 heavy (non-hydrogen) atoms.